The molecule has 31 heavy (non-hydrogen) atoms. The SMILES string of the molecule is COCCNC(=O)CCN(CC1CCCO1)C(=O)c1cc(-c2ccc(OC)cc2)on1. The average molecular weight is 431 g/mol. The van der Waals surface area contributed by atoms with E-state index >= 15 is 0 Å². The summed E-state index contributed by atoms with van der Waals surface area (Å²) < 4.78 is 21.2. The Morgan fingerprint density at radius 3 is 2.74 bits per heavy atom. The van der Waals surface area contributed by atoms with Crippen LogP contribution in [-0.2, 0) is 14.3 Å². The van der Waals surface area contributed by atoms with Gasteiger partial charge in [0.25, 0.3) is 5.91 Å². The van der Waals surface area contributed by atoms with Crippen LogP contribution in [0.3, 0.4) is 0 Å². The van der Waals surface area contributed by atoms with Gasteiger partial charge in [-0.3, -0.25) is 9.59 Å². The number of amides is 2. The summed E-state index contributed by atoms with van der Waals surface area (Å²) in [6.45, 7) is 2.24. The second-order valence-electron chi connectivity index (χ2n) is 7.28. The molecule has 0 bridgehead atoms. The largest absolute Gasteiger partial charge is 0.497 e. The van der Waals surface area contributed by atoms with Gasteiger partial charge >= 0.3 is 0 Å². The van der Waals surface area contributed by atoms with Gasteiger partial charge in [0.15, 0.2) is 11.5 Å². The first-order valence-electron chi connectivity index (χ1n) is 10.4. The lowest BCUT2D eigenvalue weighted by molar-refractivity contribution is -0.121. The van der Waals surface area contributed by atoms with Crippen molar-refractivity contribution in [1.29, 1.82) is 0 Å². The number of carbonyl (C=O) groups is 2. The van der Waals surface area contributed by atoms with Crippen LogP contribution in [0.15, 0.2) is 34.9 Å². The van der Waals surface area contributed by atoms with Gasteiger partial charge < -0.3 is 29.0 Å². The molecule has 1 unspecified atom stereocenters. The number of aromatic nitrogens is 1. The standard InChI is InChI=1S/C22H29N3O6/c1-28-13-10-23-21(26)9-11-25(15-18-4-3-12-30-18)22(27)19-14-20(31-24-19)16-5-7-17(29-2)8-6-16/h5-8,14,18H,3-4,9-13,15H2,1-2H3,(H,23,26). The second kappa shape index (κ2) is 11.5. The number of carbonyl (C=O) groups excluding carboxylic acids is 2. The molecule has 0 saturated carbocycles. The molecular weight excluding hydrogens is 402 g/mol. The molecule has 3 rings (SSSR count). The summed E-state index contributed by atoms with van der Waals surface area (Å²) in [7, 11) is 3.17. The summed E-state index contributed by atoms with van der Waals surface area (Å²) in [5.74, 6) is 0.788. The number of hydrogen-bond acceptors (Lipinski definition) is 7. The van der Waals surface area contributed by atoms with E-state index in [0.717, 1.165) is 24.2 Å². The van der Waals surface area contributed by atoms with Gasteiger partial charge in [-0.1, -0.05) is 5.16 Å². The van der Waals surface area contributed by atoms with Crippen molar-refractivity contribution in [3.63, 3.8) is 0 Å². The number of rotatable bonds is 11. The van der Waals surface area contributed by atoms with E-state index in [2.05, 4.69) is 10.5 Å². The molecule has 0 aliphatic carbocycles. The first-order valence-corrected chi connectivity index (χ1v) is 10.4. The molecule has 2 amide bonds. The fourth-order valence-electron chi connectivity index (χ4n) is 3.36. The minimum absolute atomic E-state index is 0.0338. The molecule has 1 aliphatic rings. The fraction of sp³-hybridized carbons (Fsp3) is 0.500. The normalized spacial score (nSPS) is 15.6. The highest BCUT2D eigenvalue weighted by Gasteiger charge is 2.26. The van der Waals surface area contributed by atoms with E-state index in [9.17, 15) is 9.59 Å². The zero-order chi connectivity index (χ0) is 22.1. The summed E-state index contributed by atoms with van der Waals surface area (Å²) in [5.41, 5.74) is 0.985. The van der Waals surface area contributed by atoms with Gasteiger partial charge in [-0.15, -0.1) is 0 Å². The Labute approximate surface area is 181 Å². The molecule has 1 fully saturated rings. The predicted octanol–water partition coefficient (Wildman–Crippen LogP) is 2.12. The van der Waals surface area contributed by atoms with Gasteiger partial charge in [0.05, 0.1) is 19.8 Å². The van der Waals surface area contributed by atoms with E-state index in [1.165, 1.54) is 0 Å². The number of methoxy groups -OCH3 is 2. The van der Waals surface area contributed by atoms with Crippen molar-refractivity contribution in [2.45, 2.75) is 25.4 Å². The maximum atomic E-state index is 13.1. The molecule has 1 saturated heterocycles. The minimum atomic E-state index is -0.288. The summed E-state index contributed by atoms with van der Waals surface area (Å²) in [4.78, 5) is 26.8. The highest BCUT2D eigenvalue weighted by atomic mass is 16.5. The first kappa shape index (κ1) is 22.8. The molecule has 1 aromatic carbocycles. The van der Waals surface area contributed by atoms with Crippen LogP contribution in [0.25, 0.3) is 11.3 Å². The lowest BCUT2D eigenvalue weighted by atomic mass is 10.1. The smallest absolute Gasteiger partial charge is 0.276 e. The molecular formula is C22H29N3O6. The van der Waals surface area contributed by atoms with Crippen LogP contribution >= 0.6 is 0 Å². The van der Waals surface area contributed by atoms with Crippen LogP contribution in [0, 0.1) is 0 Å². The molecule has 0 radical (unpaired) electrons. The Hall–Kier alpha value is -2.91. The van der Waals surface area contributed by atoms with Gasteiger partial charge in [0.1, 0.15) is 5.75 Å². The number of hydrogen-bond donors (Lipinski definition) is 1. The maximum absolute atomic E-state index is 13.1. The summed E-state index contributed by atoms with van der Waals surface area (Å²) in [6.07, 6.45) is 2.01. The van der Waals surface area contributed by atoms with Crippen LogP contribution in [0.2, 0.25) is 0 Å². The molecule has 1 aliphatic heterocycles. The molecule has 1 aromatic heterocycles. The Bertz CT molecular complexity index is 845. The van der Waals surface area contributed by atoms with Gasteiger partial charge in [0.2, 0.25) is 5.91 Å². The molecule has 1 N–H and O–H groups in total. The number of nitrogens with one attached hydrogen (secondary N) is 1. The zero-order valence-corrected chi connectivity index (χ0v) is 18.0. The summed E-state index contributed by atoms with van der Waals surface area (Å²) in [5, 5.41) is 6.73. The molecule has 9 heteroatoms. The van der Waals surface area contributed by atoms with Gasteiger partial charge in [-0.05, 0) is 37.1 Å². The Morgan fingerprint density at radius 1 is 1.26 bits per heavy atom. The van der Waals surface area contributed by atoms with E-state index in [-0.39, 0.29) is 36.6 Å². The molecule has 9 nitrogen and oxygen atoms in total. The Kier molecular flexibility index (Phi) is 8.43. The van der Waals surface area contributed by atoms with Crippen molar-refractivity contribution < 1.29 is 28.3 Å². The Balaban J connectivity index is 1.66. The number of benzene rings is 1. The van der Waals surface area contributed by atoms with Crippen LogP contribution in [-0.4, -0.2) is 75.0 Å². The highest BCUT2D eigenvalue weighted by Crippen LogP contribution is 2.24. The topological polar surface area (TPSA) is 103 Å². The first-order chi connectivity index (χ1) is 15.1. The maximum Gasteiger partial charge on any atom is 0.276 e. The molecule has 2 heterocycles. The average Bonchev–Trinajstić information content (AvgIpc) is 3.49. The quantitative estimate of drug-likeness (QED) is 0.544. The highest BCUT2D eigenvalue weighted by molar-refractivity contribution is 5.93. The van der Waals surface area contributed by atoms with Crippen molar-refractivity contribution in [2.75, 3.05) is 47.1 Å². The van der Waals surface area contributed by atoms with Crippen molar-refractivity contribution in [1.82, 2.24) is 15.4 Å². The van der Waals surface area contributed by atoms with Crippen molar-refractivity contribution >= 4 is 11.8 Å². The van der Waals surface area contributed by atoms with E-state index < -0.39 is 0 Å². The minimum Gasteiger partial charge on any atom is -0.497 e. The number of nitrogens with zero attached hydrogens (tertiary/aromatic N) is 2. The summed E-state index contributed by atoms with van der Waals surface area (Å²) >= 11 is 0. The molecule has 0 spiro atoms. The van der Waals surface area contributed by atoms with Crippen molar-refractivity contribution in [2.24, 2.45) is 0 Å². The van der Waals surface area contributed by atoms with Crippen LogP contribution in [0.5, 0.6) is 5.75 Å². The van der Waals surface area contributed by atoms with Crippen LogP contribution in [0.4, 0.5) is 0 Å². The van der Waals surface area contributed by atoms with Crippen LogP contribution in [0.1, 0.15) is 29.8 Å². The van der Waals surface area contributed by atoms with E-state index in [1.807, 2.05) is 24.3 Å². The molecule has 2 aromatic rings. The van der Waals surface area contributed by atoms with Crippen molar-refractivity contribution in [3.05, 3.63) is 36.0 Å². The predicted molar refractivity (Wildman–Crippen MR) is 113 cm³/mol. The molecule has 1 atom stereocenters. The third-order valence-electron chi connectivity index (χ3n) is 5.08. The third-order valence-corrected chi connectivity index (χ3v) is 5.08. The second-order valence-corrected chi connectivity index (χ2v) is 7.28. The van der Waals surface area contributed by atoms with Gasteiger partial charge in [0, 0.05) is 51.4 Å². The third kappa shape index (κ3) is 6.53. The van der Waals surface area contributed by atoms with E-state index in [0.29, 0.717) is 32.1 Å². The Morgan fingerprint density at radius 2 is 2.06 bits per heavy atom. The van der Waals surface area contributed by atoms with Gasteiger partial charge in [-0.25, -0.2) is 0 Å². The lowest BCUT2D eigenvalue weighted by Gasteiger charge is -2.24. The van der Waals surface area contributed by atoms with E-state index in [4.69, 9.17) is 18.7 Å². The van der Waals surface area contributed by atoms with Crippen LogP contribution < -0.4 is 10.1 Å². The lowest BCUT2D eigenvalue weighted by Crippen LogP contribution is -2.40. The zero-order valence-electron chi connectivity index (χ0n) is 18.0. The number of ether oxygens (including phenoxy) is 3. The van der Waals surface area contributed by atoms with Gasteiger partial charge in [-0.2, -0.15) is 0 Å². The monoisotopic (exact) mass is 431 g/mol. The van der Waals surface area contributed by atoms with E-state index in [1.54, 1.807) is 25.2 Å². The van der Waals surface area contributed by atoms with Crippen molar-refractivity contribution in [3.8, 4) is 17.1 Å². The fourth-order valence-corrected chi connectivity index (χ4v) is 3.36. The molecule has 168 valence electrons. The summed E-state index contributed by atoms with van der Waals surface area (Å²) in [6, 6.07) is 8.91.